The van der Waals surface area contributed by atoms with Crippen LogP contribution in [-0.2, 0) is 26.1 Å². The average molecular weight is 294 g/mol. The predicted molar refractivity (Wildman–Crippen MR) is 72.8 cm³/mol. The predicted octanol–water partition coefficient (Wildman–Crippen LogP) is 2.18. The van der Waals surface area contributed by atoms with Crippen molar-refractivity contribution in [1.29, 1.82) is 0 Å². The standard InChI is InChI=1S/C14H14O5S/c1-18-14(15)13-8-7-12(19-13)10-20(16,17)9-11-5-3-2-4-6-11/h2-8H,9-10H2,1H3. The van der Waals surface area contributed by atoms with Crippen LogP contribution in [0.1, 0.15) is 21.9 Å². The van der Waals surface area contributed by atoms with Gasteiger partial charge in [0.2, 0.25) is 5.76 Å². The second-order valence-corrected chi connectivity index (χ2v) is 6.34. The van der Waals surface area contributed by atoms with Crippen LogP contribution in [0.15, 0.2) is 46.9 Å². The highest BCUT2D eigenvalue weighted by molar-refractivity contribution is 7.89. The first kappa shape index (κ1) is 14.3. The molecule has 0 spiro atoms. The molecule has 1 heterocycles. The lowest BCUT2D eigenvalue weighted by Crippen LogP contribution is -2.07. The van der Waals surface area contributed by atoms with Crippen molar-refractivity contribution in [2.45, 2.75) is 11.5 Å². The molecule has 0 N–H and O–H groups in total. The van der Waals surface area contributed by atoms with Gasteiger partial charge in [0.15, 0.2) is 9.84 Å². The third kappa shape index (κ3) is 3.71. The summed E-state index contributed by atoms with van der Waals surface area (Å²) in [7, 11) is -2.12. The summed E-state index contributed by atoms with van der Waals surface area (Å²) in [5.74, 6) is -0.725. The Morgan fingerprint density at radius 2 is 1.80 bits per heavy atom. The molecule has 106 valence electrons. The van der Waals surface area contributed by atoms with E-state index in [1.54, 1.807) is 24.3 Å². The number of hydrogen-bond acceptors (Lipinski definition) is 5. The Morgan fingerprint density at radius 1 is 1.10 bits per heavy atom. The van der Waals surface area contributed by atoms with E-state index in [4.69, 9.17) is 4.42 Å². The van der Waals surface area contributed by atoms with Gasteiger partial charge in [-0.15, -0.1) is 0 Å². The van der Waals surface area contributed by atoms with E-state index in [-0.39, 0.29) is 23.0 Å². The molecule has 0 radical (unpaired) electrons. The molecule has 0 saturated heterocycles. The van der Waals surface area contributed by atoms with E-state index in [2.05, 4.69) is 4.74 Å². The summed E-state index contributed by atoms with van der Waals surface area (Å²) >= 11 is 0. The maximum Gasteiger partial charge on any atom is 0.373 e. The van der Waals surface area contributed by atoms with Gasteiger partial charge in [0.05, 0.1) is 12.9 Å². The van der Waals surface area contributed by atoms with Gasteiger partial charge in [-0.25, -0.2) is 13.2 Å². The summed E-state index contributed by atoms with van der Waals surface area (Å²) in [6.07, 6.45) is 0. The molecule has 2 rings (SSSR count). The first-order chi connectivity index (χ1) is 9.50. The quantitative estimate of drug-likeness (QED) is 0.790. The van der Waals surface area contributed by atoms with E-state index in [1.807, 2.05) is 6.07 Å². The normalized spacial score (nSPS) is 11.2. The Kier molecular flexibility index (Phi) is 4.24. The molecule has 2 aromatic rings. The molecular formula is C14H14O5S. The first-order valence-electron chi connectivity index (χ1n) is 5.91. The monoisotopic (exact) mass is 294 g/mol. The van der Waals surface area contributed by atoms with Gasteiger partial charge in [0, 0.05) is 0 Å². The molecule has 6 heteroatoms. The van der Waals surface area contributed by atoms with E-state index in [0.29, 0.717) is 5.56 Å². The first-order valence-corrected chi connectivity index (χ1v) is 7.74. The number of benzene rings is 1. The average Bonchev–Trinajstić information content (AvgIpc) is 2.86. The topological polar surface area (TPSA) is 73.6 Å². The van der Waals surface area contributed by atoms with Crippen molar-refractivity contribution in [2.75, 3.05) is 7.11 Å². The maximum atomic E-state index is 12.0. The van der Waals surface area contributed by atoms with Gasteiger partial charge in [0.25, 0.3) is 0 Å². The molecule has 0 saturated carbocycles. The summed E-state index contributed by atoms with van der Waals surface area (Å²) in [5.41, 5.74) is 0.715. The SMILES string of the molecule is COC(=O)c1ccc(CS(=O)(=O)Cc2ccccc2)o1. The Hall–Kier alpha value is -2.08. The molecule has 0 fully saturated rings. The Balaban J connectivity index is 2.09. The second kappa shape index (κ2) is 5.92. The molecular weight excluding hydrogens is 280 g/mol. The van der Waals surface area contributed by atoms with Gasteiger partial charge in [0.1, 0.15) is 11.5 Å². The minimum atomic E-state index is -3.35. The Labute approximate surface area is 117 Å². The van der Waals surface area contributed by atoms with E-state index >= 15 is 0 Å². The number of rotatable bonds is 5. The summed E-state index contributed by atoms with van der Waals surface area (Å²) in [6, 6.07) is 11.8. The fourth-order valence-corrected chi connectivity index (χ4v) is 3.15. The van der Waals surface area contributed by atoms with Crippen LogP contribution in [-0.4, -0.2) is 21.5 Å². The van der Waals surface area contributed by atoms with Crippen LogP contribution in [0, 0.1) is 0 Å². The molecule has 0 aliphatic rings. The van der Waals surface area contributed by atoms with Crippen molar-refractivity contribution in [2.24, 2.45) is 0 Å². The number of carbonyl (C=O) groups is 1. The molecule has 5 nitrogen and oxygen atoms in total. The van der Waals surface area contributed by atoms with Crippen molar-refractivity contribution < 1.29 is 22.4 Å². The van der Waals surface area contributed by atoms with Crippen LogP contribution >= 0.6 is 0 Å². The van der Waals surface area contributed by atoms with Gasteiger partial charge in [-0.05, 0) is 17.7 Å². The van der Waals surface area contributed by atoms with Crippen molar-refractivity contribution >= 4 is 15.8 Å². The Morgan fingerprint density at radius 3 is 2.45 bits per heavy atom. The number of methoxy groups -OCH3 is 1. The molecule has 0 aliphatic carbocycles. The van der Waals surface area contributed by atoms with Crippen molar-refractivity contribution in [3.8, 4) is 0 Å². The molecule has 0 bridgehead atoms. The largest absolute Gasteiger partial charge is 0.463 e. The lowest BCUT2D eigenvalue weighted by atomic mass is 10.2. The van der Waals surface area contributed by atoms with E-state index < -0.39 is 15.8 Å². The molecule has 1 aromatic heterocycles. The van der Waals surface area contributed by atoms with Crippen molar-refractivity contribution in [1.82, 2.24) is 0 Å². The van der Waals surface area contributed by atoms with Gasteiger partial charge < -0.3 is 9.15 Å². The van der Waals surface area contributed by atoms with Crippen molar-refractivity contribution in [3.63, 3.8) is 0 Å². The van der Waals surface area contributed by atoms with Crippen LogP contribution in [0.2, 0.25) is 0 Å². The highest BCUT2D eigenvalue weighted by Gasteiger charge is 2.18. The molecule has 0 aliphatic heterocycles. The molecule has 0 unspecified atom stereocenters. The maximum absolute atomic E-state index is 12.0. The van der Waals surface area contributed by atoms with Gasteiger partial charge in [-0.3, -0.25) is 0 Å². The van der Waals surface area contributed by atoms with E-state index in [9.17, 15) is 13.2 Å². The van der Waals surface area contributed by atoms with Crippen LogP contribution in [0.25, 0.3) is 0 Å². The number of hydrogen-bond donors (Lipinski definition) is 0. The zero-order valence-corrected chi connectivity index (χ0v) is 11.7. The number of sulfone groups is 1. The molecule has 1 aromatic carbocycles. The molecule has 20 heavy (non-hydrogen) atoms. The summed E-state index contributed by atoms with van der Waals surface area (Å²) in [4.78, 5) is 11.2. The lowest BCUT2D eigenvalue weighted by Gasteiger charge is -2.02. The number of carbonyl (C=O) groups excluding carboxylic acids is 1. The Bertz CT molecular complexity index is 685. The van der Waals surface area contributed by atoms with Crippen LogP contribution in [0.4, 0.5) is 0 Å². The number of furan rings is 1. The molecule has 0 amide bonds. The van der Waals surface area contributed by atoms with Crippen LogP contribution in [0.3, 0.4) is 0 Å². The number of esters is 1. The summed E-state index contributed by atoms with van der Waals surface area (Å²) in [5, 5.41) is 0. The highest BCUT2D eigenvalue weighted by atomic mass is 32.2. The smallest absolute Gasteiger partial charge is 0.373 e. The zero-order valence-electron chi connectivity index (χ0n) is 10.9. The van der Waals surface area contributed by atoms with E-state index in [0.717, 1.165) is 0 Å². The fraction of sp³-hybridized carbons (Fsp3) is 0.214. The van der Waals surface area contributed by atoms with Gasteiger partial charge >= 0.3 is 5.97 Å². The van der Waals surface area contributed by atoms with E-state index in [1.165, 1.54) is 19.2 Å². The van der Waals surface area contributed by atoms with Crippen LogP contribution < -0.4 is 0 Å². The highest BCUT2D eigenvalue weighted by Crippen LogP contribution is 2.15. The second-order valence-electron chi connectivity index (χ2n) is 4.28. The van der Waals surface area contributed by atoms with Crippen molar-refractivity contribution in [3.05, 3.63) is 59.5 Å². The van der Waals surface area contributed by atoms with Gasteiger partial charge in [-0.2, -0.15) is 0 Å². The summed E-state index contributed by atoms with van der Waals surface area (Å²) < 4.78 is 33.7. The zero-order chi connectivity index (χ0) is 14.6. The summed E-state index contributed by atoms with van der Waals surface area (Å²) in [6.45, 7) is 0. The van der Waals surface area contributed by atoms with Gasteiger partial charge in [-0.1, -0.05) is 30.3 Å². The lowest BCUT2D eigenvalue weighted by molar-refractivity contribution is 0.0563. The fourth-order valence-electron chi connectivity index (χ4n) is 1.76. The minimum Gasteiger partial charge on any atom is -0.463 e. The third-order valence-corrected chi connectivity index (χ3v) is 4.14. The molecule has 0 atom stereocenters. The third-order valence-electron chi connectivity index (χ3n) is 2.64. The van der Waals surface area contributed by atoms with Crippen LogP contribution in [0.5, 0.6) is 0 Å². The minimum absolute atomic E-state index is 0.00240. The number of ether oxygens (including phenoxy) is 1.